The van der Waals surface area contributed by atoms with Gasteiger partial charge in [0.25, 0.3) is 0 Å². The molecule has 0 aliphatic heterocycles. The molecule has 92 valence electrons. The first kappa shape index (κ1) is 12.1. The summed E-state index contributed by atoms with van der Waals surface area (Å²) in [4.78, 5) is 16.3. The average molecular weight is 242 g/mol. The van der Waals surface area contributed by atoms with Crippen LogP contribution in [-0.2, 0) is 0 Å². The molecular formula is C14H14N2O2. The number of pyridine rings is 1. The summed E-state index contributed by atoms with van der Waals surface area (Å²) in [6.45, 7) is 1.84. The van der Waals surface area contributed by atoms with E-state index < -0.39 is 0 Å². The van der Waals surface area contributed by atoms with Gasteiger partial charge in [0.15, 0.2) is 5.78 Å². The highest BCUT2D eigenvalue weighted by Crippen LogP contribution is 2.21. The van der Waals surface area contributed by atoms with Crippen LogP contribution in [0.5, 0.6) is 5.75 Å². The van der Waals surface area contributed by atoms with Crippen molar-refractivity contribution in [2.75, 3.05) is 12.8 Å². The summed E-state index contributed by atoms with van der Waals surface area (Å²) in [6.07, 6.45) is 1.59. The van der Waals surface area contributed by atoms with Gasteiger partial charge in [-0.3, -0.25) is 4.79 Å². The van der Waals surface area contributed by atoms with Crippen LogP contribution < -0.4 is 10.5 Å². The Hall–Kier alpha value is -2.36. The first-order valence-corrected chi connectivity index (χ1v) is 5.53. The van der Waals surface area contributed by atoms with E-state index in [0.29, 0.717) is 16.9 Å². The van der Waals surface area contributed by atoms with Crippen LogP contribution in [0, 0.1) is 6.92 Å². The molecule has 2 rings (SSSR count). The number of hydrogen-bond donors (Lipinski definition) is 1. The molecule has 1 heterocycles. The Morgan fingerprint density at radius 2 is 2.11 bits per heavy atom. The maximum atomic E-state index is 12.4. The third kappa shape index (κ3) is 2.18. The number of benzene rings is 1. The molecule has 1 aromatic carbocycles. The molecule has 4 heteroatoms. The number of ketones is 1. The second kappa shape index (κ2) is 4.87. The van der Waals surface area contributed by atoms with E-state index >= 15 is 0 Å². The van der Waals surface area contributed by atoms with Crippen molar-refractivity contribution in [2.45, 2.75) is 6.92 Å². The molecule has 0 radical (unpaired) electrons. The Labute approximate surface area is 105 Å². The average Bonchev–Trinajstić information content (AvgIpc) is 2.38. The van der Waals surface area contributed by atoms with Crippen molar-refractivity contribution < 1.29 is 9.53 Å². The molecule has 0 unspecified atom stereocenters. The number of hydrogen-bond acceptors (Lipinski definition) is 4. The third-order valence-electron chi connectivity index (χ3n) is 2.75. The molecule has 2 aromatic rings. The Kier molecular flexibility index (Phi) is 3.28. The van der Waals surface area contributed by atoms with E-state index in [9.17, 15) is 4.79 Å². The van der Waals surface area contributed by atoms with Crippen LogP contribution in [0.25, 0.3) is 0 Å². The summed E-state index contributed by atoms with van der Waals surface area (Å²) in [7, 11) is 1.56. The minimum atomic E-state index is -0.142. The van der Waals surface area contributed by atoms with Gasteiger partial charge in [0.2, 0.25) is 0 Å². The van der Waals surface area contributed by atoms with Crippen LogP contribution in [0.3, 0.4) is 0 Å². The summed E-state index contributed by atoms with van der Waals surface area (Å²) in [5.41, 5.74) is 7.57. The molecule has 0 amide bonds. The molecule has 0 saturated carbocycles. The zero-order valence-corrected chi connectivity index (χ0v) is 10.3. The van der Waals surface area contributed by atoms with Gasteiger partial charge in [0.1, 0.15) is 11.6 Å². The molecule has 0 fully saturated rings. The fraction of sp³-hybridized carbons (Fsp3) is 0.143. The van der Waals surface area contributed by atoms with E-state index in [1.165, 1.54) is 0 Å². The summed E-state index contributed by atoms with van der Waals surface area (Å²) < 4.78 is 5.10. The number of ether oxygens (including phenoxy) is 1. The molecular weight excluding hydrogens is 228 g/mol. The summed E-state index contributed by atoms with van der Waals surface area (Å²) in [5, 5.41) is 0. The number of methoxy groups -OCH3 is 1. The van der Waals surface area contributed by atoms with Crippen LogP contribution in [0.1, 0.15) is 21.5 Å². The van der Waals surface area contributed by atoms with Gasteiger partial charge in [-0.05, 0) is 30.7 Å². The van der Waals surface area contributed by atoms with E-state index in [1.807, 2.05) is 6.92 Å². The number of nitrogens with zero attached hydrogens (tertiary/aromatic N) is 1. The number of carbonyl (C=O) groups excluding carboxylic acids is 1. The normalized spacial score (nSPS) is 10.1. The maximum Gasteiger partial charge on any atom is 0.197 e. The smallest absolute Gasteiger partial charge is 0.197 e. The van der Waals surface area contributed by atoms with Crippen LogP contribution >= 0.6 is 0 Å². The van der Waals surface area contributed by atoms with Gasteiger partial charge >= 0.3 is 0 Å². The van der Waals surface area contributed by atoms with Crippen molar-refractivity contribution in [1.82, 2.24) is 4.98 Å². The minimum Gasteiger partial charge on any atom is -0.497 e. The van der Waals surface area contributed by atoms with Crippen LogP contribution in [-0.4, -0.2) is 17.9 Å². The maximum absolute atomic E-state index is 12.4. The second-order valence-corrected chi connectivity index (χ2v) is 3.95. The number of aryl methyl sites for hydroxylation is 1. The van der Waals surface area contributed by atoms with Gasteiger partial charge in [-0.25, -0.2) is 4.98 Å². The summed E-state index contributed by atoms with van der Waals surface area (Å²) in [5.74, 6) is 0.751. The first-order valence-electron chi connectivity index (χ1n) is 5.53. The molecule has 0 atom stereocenters. The van der Waals surface area contributed by atoms with Gasteiger partial charge in [-0.2, -0.15) is 0 Å². The number of rotatable bonds is 3. The third-order valence-corrected chi connectivity index (χ3v) is 2.75. The van der Waals surface area contributed by atoms with Crippen molar-refractivity contribution in [1.29, 1.82) is 0 Å². The van der Waals surface area contributed by atoms with Gasteiger partial charge < -0.3 is 10.5 Å². The lowest BCUT2D eigenvalue weighted by Gasteiger charge is -2.08. The number of carbonyl (C=O) groups is 1. The number of aromatic nitrogens is 1. The summed E-state index contributed by atoms with van der Waals surface area (Å²) in [6, 6.07) is 8.75. The summed E-state index contributed by atoms with van der Waals surface area (Å²) >= 11 is 0. The van der Waals surface area contributed by atoms with Crippen LogP contribution in [0.4, 0.5) is 5.82 Å². The lowest BCUT2D eigenvalue weighted by Crippen LogP contribution is -2.09. The van der Waals surface area contributed by atoms with Gasteiger partial charge in [0.05, 0.1) is 12.7 Å². The highest BCUT2D eigenvalue weighted by atomic mass is 16.5. The second-order valence-electron chi connectivity index (χ2n) is 3.95. The SMILES string of the molecule is COc1cccc(C(=O)c2c(C)ccnc2N)c1. The molecule has 1 aromatic heterocycles. The number of anilines is 1. The Morgan fingerprint density at radius 1 is 1.33 bits per heavy atom. The Morgan fingerprint density at radius 3 is 2.78 bits per heavy atom. The molecule has 18 heavy (non-hydrogen) atoms. The van der Waals surface area contributed by atoms with E-state index in [-0.39, 0.29) is 11.6 Å². The topological polar surface area (TPSA) is 65.2 Å². The fourth-order valence-electron chi connectivity index (χ4n) is 1.78. The van der Waals surface area contributed by atoms with E-state index in [4.69, 9.17) is 10.5 Å². The largest absolute Gasteiger partial charge is 0.497 e. The minimum absolute atomic E-state index is 0.142. The monoisotopic (exact) mass is 242 g/mol. The molecule has 0 saturated heterocycles. The quantitative estimate of drug-likeness (QED) is 0.838. The van der Waals surface area contributed by atoms with E-state index in [0.717, 1.165) is 5.56 Å². The van der Waals surface area contributed by atoms with Crippen LogP contribution in [0.2, 0.25) is 0 Å². The van der Waals surface area contributed by atoms with Gasteiger partial charge in [-0.15, -0.1) is 0 Å². The van der Waals surface area contributed by atoms with Gasteiger partial charge in [0, 0.05) is 11.8 Å². The lowest BCUT2D eigenvalue weighted by molar-refractivity contribution is 0.103. The Bertz CT molecular complexity index is 574. The predicted octanol–water partition coefficient (Wildman–Crippen LogP) is 2.21. The zero-order valence-electron chi connectivity index (χ0n) is 10.3. The van der Waals surface area contributed by atoms with E-state index in [1.54, 1.807) is 43.6 Å². The molecule has 4 nitrogen and oxygen atoms in total. The van der Waals surface area contributed by atoms with Crippen molar-refractivity contribution in [3.63, 3.8) is 0 Å². The lowest BCUT2D eigenvalue weighted by atomic mass is 10.00. The molecule has 0 bridgehead atoms. The Balaban J connectivity index is 2.48. The predicted molar refractivity (Wildman–Crippen MR) is 69.8 cm³/mol. The van der Waals surface area contributed by atoms with Crippen molar-refractivity contribution in [2.24, 2.45) is 0 Å². The molecule has 0 aliphatic rings. The van der Waals surface area contributed by atoms with Crippen molar-refractivity contribution >= 4 is 11.6 Å². The number of nitrogens with two attached hydrogens (primary N) is 1. The first-order chi connectivity index (χ1) is 8.63. The molecule has 2 N–H and O–H groups in total. The zero-order chi connectivity index (χ0) is 13.1. The fourth-order valence-corrected chi connectivity index (χ4v) is 1.78. The van der Waals surface area contributed by atoms with E-state index in [2.05, 4.69) is 4.98 Å². The van der Waals surface area contributed by atoms with Crippen LogP contribution in [0.15, 0.2) is 36.5 Å². The highest BCUT2D eigenvalue weighted by Gasteiger charge is 2.16. The number of nitrogen functional groups attached to an aromatic ring is 1. The van der Waals surface area contributed by atoms with Crippen molar-refractivity contribution in [3.8, 4) is 5.75 Å². The standard InChI is InChI=1S/C14H14N2O2/c1-9-6-7-16-14(15)12(9)13(17)10-4-3-5-11(8-10)18-2/h3-8H,1-2H3,(H2,15,16). The van der Waals surface area contributed by atoms with Gasteiger partial charge in [-0.1, -0.05) is 12.1 Å². The highest BCUT2D eigenvalue weighted by molar-refractivity contribution is 6.12. The molecule has 0 aliphatic carbocycles. The van der Waals surface area contributed by atoms with Crippen molar-refractivity contribution in [3.05, 3.63) is 53.2 Å². The molecule has 0 spiro atoms.